The fraction of sp³-hybridized carbons (Fsp3) is 0.364. The third kappa shape index (κ3) is 3.01. The molecule has 0 unspecified atom stereocenters. The van der Waals surface area contributed by atoms with E-state index in [4.69, 9.17) is 5.73 Å². The Balaban J connectivity index is 2.33. The van der Waals surface area contributed by atoms with Gasteiger partial charge in [-0.15, -0.1) is 0 Å². The normalized spacial score (nSPS) is 11.8. The zero-order chi connectivity index (χ0) is 14.0. The number of hydrogen-bond donors (Lipinski definition) is 1. The minimum atomic E-state index is -4.54. The predicted octanol–water partition coefficient (Wildman–Crippen LogP) is 1.88. The number of alkyl halides is 3. The quantitative estimate of drug-likeness (QED) is 0.925. The van der Waals surface area contributed by atoms with Gasteiger partial charge in [-0.1, -0.05) is 0 Å². The average Bonchev–Trinajstić information content (AvgIpc) is 2.74. The standard InChI is InChI=1S/C11H12F3N5/c1-2-19-4-3-16-9(19)6-7-5-8(11(12,13)14)18-10(15)17-7/h3-5H,2,6H2,1H3,(H2,15,17,18). The summed E-state index contributed by atoms with van der Waals surface area (Å²) in [6.07, 6.45) is -1.01. The van der Waals surface area contributed by atoms with Crippen LogP contribution in [0.4, 0.5) is 19.1 Å². The highest BCUT2D eigenvalue weighted by atomic mass is 19.4. The minimum Gasteiger partial charge on any atom is -0.368 e. The summed E-state index contributed by atoms with van der Waals surface area (Å²) >= 11 is 0. The van der Waals surface area contributed by atoms with Crippen LogP contribution in [0.15, 0.2) is 18.5 Å². The van der Waals surface area contributed by atoms with E-state index in [2.05, 4.69) is 15.0 Å². The molecule has 2 aromatic heterocycles. The van der Waals surface area contributed by atoms with Crippen LogP contribution >= 0.6 is 0 Å². The molecule has 5 nitrogen and oxygen atoms in total. The fourth-order valence-electron chi connectivity index (χ4n) is 1.71. The molecule has 0 radical (unpaired) electrons. The van der Waals surface area contributed by atoms with Gasteiger partial charge in [-0.25, -0.2) is 15.0 Å². The first-order valence-electron chi connectivity index (χ1n) is 5.60. The molecule has 19 heavy (non-hydrogen) atoms. The lowest BCUT2D eigenvalue weighted by Gasteiger charge is -2.09. The SMILES string of the molecule is CCn1ccnc1Cc1cc(C(F)(F)F)nc(N)n1. The van der Waals surface area contributed by atoms with Crippen LogP contribution in [0.3, 0.4) is 0 Å². The Morgan fingerprint density at radius 2 is 2.05 bits per heavy atom. The second kappa shape index (κ2) is 4.87. The molecule has 0 bridgehead atoms. The van der Waals surface area contributed by atoms with Crippen molar-refractivity contribution < 1.29 is 13.2 Å². The highest BCUT2D eigenvalue weighted by Gasteiger charge is 2.33. The number of rotatable bonds is 3. The lowest BCUT2D eigenvalue weighted by molar-refractivity contribution is -0.141. The summed E-state index contributed by atoms with van der Waals surface area (Å²) in [6.45, 7) is 2.60. The molecule has 2 aromatic rings. The molecule has 2 N–H and O–H groups in total. The van der Waals surface area contributed by atoms with Gasteiger partial charge >= 0.3 is 6.18 Å². The van der Waals surface area contributed by atoms with Crippen molar-refractivity contribution in [3.63, 3.8) is 0 Å². The molecule has 0 spiro atoms. The molecular formula is C11H12F3N5. The van der Waals surface area contributed by atoms with Crippen molar-refractivity contribution in [1.29, 1.82) is 0 Å². The molecule has 0 amide bonds. The van der Waals surface area contributed by atoms with Crippen LogP contribution in [0, 0.1) is 0 Å². The number of hydrogen-bond acceptors (Lipinski definition) is 4. The van der Waals surface area contributed by atoms with Crippen LogP contribution in [0.5, 0.6) is 0 Å². The maximum atomic E-state index is 12.6. The number of anilines is 1. The Morgan fingerprint density at radius 3 is 2.68 bits per heavy atom. The topological polar surface area (TPSA) is 69.6 Å². The molecule has 8 heteroatoms. The highest BCUT2D eigenvalue weighted by molar-refractivity contribution is 5.25. The van der Waals surface area contributed by atoms with E-state index in [0.29, 0.717) is 12.4 Å². The van der Waals surface area contributed by atoms with E-state index in [9.17, 15) is 13.2 Å². The Morgan fingerprint density at radius 1 is 1.32 bits per heavy atom. The molecular weight excluding hydrogens is 259 g/mol. The Labute approximate surface area is 107 Å². The van der Waals surface area contributed by atoms with Crippen molar-refractivity contribution in [2.75, 3.05) is 5.73 Å². The van der Waals surface area contributed by atoms with Gasteiger partial charge in [-0.3, -0.25) is 0 Å². The van der Waals surface area contributed by atoms with E-state index >= 15 is 0 Å². The van der Waals surface area contributed by atoms with Crippen LogP contribution in [-0.2, 0) is 19.1 Å². The monoisotopic (exact) mass is 271 g/mol. The second-order valence-corrected chi connectivity index (χ2v) is 3.91. The summed E-state index contributed by atoms with van der Waals surface area (Å²) < 4.78 is 39.6. The molecule has 2 heterocycles. The van der Waals surface area contributed by atoms with Gasteiger partial charge < -0.3 is 10.3 Å². The van der Waals surface area contributed by atoms with Gasteiger partial charge in [-0.2, -0.15) is 13.2 Å². The third-order valence-electron chi connectivity index (χ3n) is 2.57. The van der Waals surface area contributed by atoms with E-state index in [1.54, 1.807) is 12.4 Å². The molecule has 2 rings (SSSR count). The number of nitrogen functional groups attached to an aromatic ring is 1. The molecule has 0 aliphatic heterocycles. The van der Waals surface area contributed by atoms with Crippen molar-refractivity contribution >= 4 is 5.95 Å². The molecule has 0 saturated heterocycles. The van der Waals surface area contributed by atoms with Gasteiger partial charge in [-0.05, 0) is 13.0 Å². The maximum absolute atomic E-state index is 12.6. The molecule has 0 aliphatic rings. The van der Waals surface area contributed by atoms with Gasteiger partial charge in [0, 0.05) is 25.4 Å². The first-order valence-corrected chi connectivity index (χ1v) is 5.60. The summed E-state index contributed by atoms with van der Waals surface area (Å²) in [5.74, 6) is 0.244. The molecule has 0 fully saturated rings. The van der Waals surface area contributed by atoms with Gasteiger partial charge in [0.1, 0.15) is 11.5 Å². The number of aryl methyl sites for hydroxylation is 1. The van der Waals surface area contributed by atoms with Crippen LogP contribution < -0.4 is 5.73 Å². The van der Waals surface area contributed by atoms with E-state index in [1.165, 1.54) is 0 Å². The molecule has 0 atom stereocenters. The number of aromatic nitrogens is 4. The number of nitrogens with zero attached hydrogens (tertiary/aromatic N) is 4. The summed E-state index contributed by atoms with van der Waals surface area (Å²) in [7, 11) is 0. The second-order valence-electron chi connectivity index (χ2n) is 3.91. The summed E-state index contributed by atoms with van der Waals surface area (Å²) in [4.78, 5) is 11.1. The van der Waals surface area contributed by atoms with Gasteiger partial charge in [0.25, 0.3) is 0 Å². The van der Waals surface area contributed by atoms with Gasteiger partial charge in [0.2, 0.25) is 5.95 Å². The van der Waals surface area contributed by atoms with Crippen LogP contribution in [0.25, 0.3) is 0 Å². The van der Waals surface area contributed by atoms with Gasteiger partial charge in [0.05, 0.1) is 5.69 Å². The lowest BCUT2D eigenvalue weighted by Crippen LogP contribution is -2.13. The smallest absolute Gasteiger partial charge is 0.368 e. The number of halogens is 3. The summed E-state index contributed by atoms with van der Waals surface area (Å²) in [5, 5.41) is 0. The Hall–Kier alpha value is -2.12. The van der Waals surface area contributed by atoms with E-state index in [1.807, 2.05) is 11.5 Å². The van der Waals surface area contributed by atoms with E-state index in [-0.39, 0.29) is 18.1 Å². The van der Waals surface area contributed by atoms with Crippen LogP contribution in [0.1, 0.15) is 24.1 Å². The van der Waals surface area contributed by atoms with Crippen LogP contribution in [0.2, 0.25) is 0 Å². The summed E-state index contributed by atoms with van der Waals surface area (Å²) in [6, 6.07) is 0.894. The van der Waals surface area contributed by atoms with Gasteiger partial charge in [0.15, 0.2) is 0 Å². The van der Waals surface area contributed by atoms with Crippen molar-refractivity contribution in [3.8, 4) is 0 Å². The number of imidazole rings is 1. The zero-order valence-corrected chi connectivity index (χ0v) is 10.1. The first-order chi connectivity index (χ1) is 8.90. The minimum absolute atomic E-state index is 0.177. The lowest BCUT2D eigenvalue weighted by atomic mass is 10.2. The Kier molecular flexibility index (Phi) is 3.41. The van der Waals surface area contributed by atoms with E-state index < -0.39 is 11.9 Å². The fourth-order valence-corrected chi connectivity index (χ4v) is 1.71. The average molecular weight is 271 g/mol. The largest absolute Gasteiger partial charge is 0.433 e. The molecule has 102 valence electrons. The first kappa shape index (κ1) is 13.3. The molecule has 0 aliphatic carbocycles. The van der Waals surface area contributed by atoms with Crippen molar-refractivity contribution in [1.82, 2.24) is 19.5 Å². The van der Waals surface area contributed by atoms with Crippen molar-refractivity contribution in [2.24, 2.45) is 0 Å². The maximum Gasteiger partial charge on any atom is 0.433 e. The third-order valence-corrected chi connectivity index (χ3v) is 2.57. The Bertz CT molecular complexity index is 576. The molecule has 0 saturated carbocycles. The summed E-state index contributed by atoms with van der Waals surface area (Å²) in [5.41, 5.74) is 4.46. The van der Waals surface area contributed by atoms with Crippen molar-refractivity contribution in [2.45, 2.75) is 26.1 Å². The predicted molar refractivity (Wildman–Crippen MR) is 62.2 cm³/mol. The van der Waals surface area contributed by atoms with Crippen LogP contribution in [-0.4, -0.2) is 19.5 Å². The van der Waals surface area contributed by atoms with E-state index in [0.717, 1.165) is 6.07 Å². The molecule has 0 aromatic carbocycles. The highest BCUT2D eigenvalue weighted by Crippen LogP contribution is 2.28. The number of nitrogens with two attached hydrogens (primary N) is 1. The zero-order valence-electron chi connectivity index (χ0n) is 10.1. The van der Waals surface area contributed by atoms with Crippen molar-refractivity contribution in [3.05, 3.63) is 35.7 Å².